The Labute approximate surface area is 195 Å². The van der Waals surface area contributed by atoms with Crippen LogP contribution in [0, 0.1) is 25.5 Å². The highest BCUT2D eigenvalue weighted by Crippen LogP contribution is 2.31. The molecule has 0 fully saturated rings. The Balaban J connectivity index is 1.56. The van der Waals surface area contributed by atoms with Gasteiger partial charge in [-0.05, 0) is 31.5 Å². The topological polar surface area (TPSA) is 76.5 Å². The maximum Gasteiger partial charge on any atom is 0.259 e. The second kappa shape index (κ2) is 8.53. The number of aromatic amines is 1. The number of rotatable bonds is 5. The molecule has 0 aliphatic carbocycles. The van der Waals surface area contributed by atoms with Crippen LogP contribution in [0.3, 0.4) is 0 Å². The van der Waals surface area contributed by atoms with E-state index in [0.29, 0.717) is 27.0 Å². The highest BCUT2D eigenvalue weighted by Gasteiger charge is 2.20. The molecule has 0 amide bonds. The third kappa shape index (κ3) is 3.96. The number of aryl methyl sites for hydroxylation is 2. The number of nitrogens with zero attached hydrogens (tertiary/aromatic N) is 4. The molecule has 0 spiro atoms. The summed E-state index contributed by atoms with van der Waals surface area (Å²) in [5.74, 6) is -0.210. The van der Waals surface area contributed by atoms with Crippen LogP contribution in [0.1, 0.15) is 16.3 Å². The van der Waals surface area contributed by atoms with Crippen molar-refractivity contribution >= 4 is 33.3 Å². The molecule has 0 saturated carbocycles. The lowest BCUT2D eigenvalue weighted by Crippen LogP contribution is -2.11. The molecule has 6 nitrogen and oxygen atoms in total. The van der Waals surface area contributed by atoms with Crippen LogP contribution in [-0.2, 0) is 5.75 Å². The molecule has 166 valence electrons. The third-order valence-electron chi connectivity index (χ3n) is 5.24. The van der Waals surface area contributed by atoms with E-state index in [-0.39, 0.29) is 17.0 Å². The highest BCUT2D eigenvalue weighted by molar-refractivity contribution is 7.98. The minimum Gasteiger partial charge on any atom is -0.309 e. The molecular weight excluding hydrogens is 464 g/mol. The number of nitrogens with one attached hydrogen (secondary N) is 1. The SMILES string of the molecule is Cc1sc2nc(CSc3nnc(-c4ccccc4)n3-c3ccc(F)cc3F)[nH]c(=O)c2c1C. The first-order valence-corrected chi connectivity index (χ1v) is 11.8. The van der Waals surface area contributed by atoms with E-state index >= 15 is 0 Å². The average Bonchev–Trinajstić information content (AvgIpc) is 3.33. The summed E-state index contributed by atoms with van der Waals surface area (Å²) in [6, 6.07) is 12.6. The van der Waals surface area contributed by atoms with Crippen LogP contribution in [0.5, 0.6) is 0 Å². The number of halogens is 2. The molecule has 0 atom stereocenters. The van der Waals surface area contributed by atoms with E-state index in [4.69, 9.17) is 0 Å². The molecule has 0 saturated heterocycles. The fourth-order valence-corrected chi connectivity index (χ4v) is 5.38. The van der Waals surface area contributed by atoms with Crippen LogP contribution in [0.25, 0.3) is 27.3 Å². The van der Waals surface area contributed by atoms with Crippen molar-refractivity contribution < 1.29 is 8.78 Å². The number of thiophene rings is 1. The lowest BCUT2D eigenvalue weighted by atomic mass is 10.2. The van der Waals surface area contributed by atoms with E-state index in [9.17, 15) is 13.6 Å². The van der Waals surface area contributed by atoms with E-state index in [1.165, 1.54) is 35.2 Å². The van der Waals surface area contributed by atoms with Gasteiger partial charge in [-0.15, -0.1) is 21.5 Å². The largest absolute Gasteiger partial charge is 0.309 e. The number of fused-ring (bicyclic) bond motifs is 1. The lowest BCUT2D eigenvalue weighted by molar-refractivity contribution is 0.575. The van der Waals surface area contributed by atoms with Crippen molar-refractivity contribution in [3.8, 4) is 17.1 Å². The van der Waals surface area contributed by atoms with Gasteiger partial charge < -0.3 is 4.98 Å². The molecule has 3 heterocycles. The van der Waals surface area contributed by atoms with Crippen molar-refractivity contribution in [2.24, 2.45) is 0 Å². The minimum absolute atomic E-state index is 0.129. The van der Waals surface area contributed by atoms with Crippen molar-refractivity contribution in [2.75, 3.05) is 0 Å². The number of aromatic nitrogens is 5. The summed E-state index contributed by atoms with van der Waals surface area (Å²) in [4.78, 5) is 21.7. The molecule has 3 aromatic heterocycles. The maximum atomic E-state index is 14.7. The summed E-state index contributed by atoms with van der Waals surface area (Å²) in [5.41, 5.74) is 1.61. The predicted octanol–water partition coefficient (Wildman–Crippen LogP) is 5.42. The molecule has 0 aliphatic rings. The van der Waals surface area contributed by atoms with Crippen molar-refractivity contribution in [3.63, 3.8) is 0 Å². The normalized spacial score (nSPS) is 11.4. The zero-order valence-corrected chi connectivity index (χ0v) is 19.2. The monoisotopic (exact) mass is 481 g/mol. The fourth-order valence-electron chi connectivity index (χ4n) is 3.52. The first-order chi connectivity index (χ1) is 15.9. The molecule has 0 bridgehead atoms. The molecule has 5 aromatic rings. The van der Waals surface area contributed by atoms with Gasteiger partial charge in [-0.1, -0.05) is 42.1 Å². The second-order valence-electron chi connectivity index (χ2n) is 7.37. The minimum atomic E-state index is -0.730. The quantitative estimate of drug-likeness (QED) is 0.339. The first kappa shape index (κ1) is 21.5. The van der Waals surface area contributed by atoms with Gasteiger partial charge in [-0.2, -0.15) is 0 Å². The fraction of sp³-hybridized carbons (Fsp3) is 0.130. The Morgan fingerprint density at radius 2 is 1.88 bits per heavy atom. The van der Waals surface area contributed by atoms with Gasteiger partial charge in [-0.3, -0.25) is 9.36 Å². The second-order valence-corrected chi connectivity index (χ2v) is 9.51. The molecule has 33 heavy (non-hydrogen) atoms. The van der Waals surface area contributed by atoms with Crippen molar-refractivity contribution in [3.05, 3.63) is 86.8 Å². The Kier molecular flexibility index (Phi) is 5.55. The van der Waals surface area contributed by atoms with Crippen LogP contribution in [0.2, 0.25) is 0 Å². The number of thioether (sulfide) groups is 1. The molecular formula is C23H17F2N5OS2. The van der Waals surface area contributed by atoms with Gasteiger partial charge in [0.1, 0.15) is 22.3 Å². The third-order valence-corrected chi connectivity index (χ3v) is 7.28. The van der Waals surface area contributed by atoms with Crippen LogP contribution in [0.15, 0.2) is 58.5 Å². The predicted molar refractivity (Wildman–Crippen MR) is 126 cm³/mol. The van der Waals surface area contributed by atoms with Crippen molar-refractivity contribution in [2.45, 2.75) is 24.8 Å². The average molecular weight is 482 g/mol. The van der Waals surface area contributed by atoms with Crippen molar-refractivity contribution in [1.29, 1.82) is 0 Å². The summed E-state index contributed by atoms with van der Waals surface area (Å²) in [7, 11) is 0. The van der Waals surface area contributed by atoms with Crippen LogP contribution in [-0.4, -0.2) is 24.7 Å². The molecule has 5 rings (SSSR count). The van der Waals surface area contributed by atoms with E-state index in [1.54, 1.807) is 4.57 Å². The summed E-state index contributed by atoms with van der Waals surface area (Å²) in [6.45, 7) is 3.87. The lowest BCUT2D eigenvalue weighted by Gasteiger charge is -2.11. The van der Waals surface area contributed by atoms with Gasteiger partial charge in [0, 0.05) is 16.5 Å². The molecule has 0 aliphatic heterocycles. The van der Waals surface area contributed by atoms with Gasteiger partial charge in [0.15, 0.2) is 11.0 Å². The number of H-pyrrole nitrogens is 1. The molecule has 0 unspecified atom stereocenters. The molecule has 1 N–H and O–H groups in total. The Morgan fingerprint density at radius 3 is 2.64 bits per heavy atom. The summed E-state index contributed by atoms with van der Waals surface area (Å²) >= 11 is 2.73. The van der Waals surface area contributed by atoms with E-state index in [0.717, 1.165) is 22.1 Å². The maximum absolute atomic E-state index is 14.7. The van der Waals surface area contributed by atoms with Gasteiger partial charge >= 0.3 is 0 Å². The zero-order chi connectivity index (χ0) is 23.1. The Morgan fingerprint density at radius 1 is 1.09 bits per heavy atom. The standard InChI is InChI=1S/C23H17F2N5OS2/c1-12-13(2)33-22-19(12)21(31)26-18(27-22)11-32-23-29-28-20(14-6-4-3-5-7-14)30(23)17-9-8-15(24)10-16(17)25/h3-10H,11H2,1-2H3,(H,26,27,31). The van der Waals surface area contributed by atoms with E-state index < -0.39 is 11.6 Å². The zero-order valence-electron chi connectivity index (χ0n) is 17.6. The van der Waals surface area contributed by atoms with E-state index in [1.807, 2.05) is 44.2 Å². The number of benzene rings is 2. The number of hydrogen-bond donors (Lipinski definition) is 1. The first-order valence-electron chi connectivity index (χ1n) is 10.0. The van der Waals surface area contributed by atoms with Crippen LogP contribution in [0.4, 0.5) is 8.78 Å². The molecule has 0 radical (unpaired) electrons. The van der Waals surface area contributed by atoms with Gasteiger partial charge in [0.25, 0.3) is 5.56 Å². The summed E-state index contributed by atoms with van der Waals surface area (Å²) in [6.07, 6.45) is 0. The van der Waals surface area contributed by atoms with Gasteiger partial charge in [0.05, 0.1) is 16.8 Å². The Bertz CT molecular complexity index is 1540. The Hall–Kier alpha value is -3.37. The van der Waals surface area contributed by atoms with Gasteiger partial charge in [0.2, 0.25) is 0 Å². The molecule has 10 heteroatoms. The summed E-state index contributed by atoms with van der Waals surface area (Å²) in [5, 5.41) is 9.51. The summed E-state index contributed by atoms with van der Waals surface area (Å²) < 4.78 is 29.8. The molecule has 2 aromatic carbocycles. The van der Waals surface area contributed by atoms with Gasteiger partial charge in [-0.25, -0.2) is 13.8 Å². The van der Waals surface area contributed by atoms with Crippen LogP contribution < -0.4 is 5.56 Å². The van der Waals surface area contributed by atoms with E-state index in [2.05, 4.69) is 20.2 Å². The number of hydrogen-bond acceptors (Lipinski definition) is 6. The van der Waals surface area contributed by atoms with Crippen molar-refractivity contribution in [1.82, 2.24) is 24.7 Å². The smallest absolute Gasteiger partial charge is 0.259 e. The van der Waals surface area contributed by atoms with Crippen LogP contribution >= 0.6 is 23.1 Å². The highest BCUT2D eigenvalue weighted by atomic mass is 32.2.